The van der Waals surface area contributed by atoms with Gasteiger partial charge in [-0.05, 0) is 30.8 Å². The molecule has 1 unspecified atom stereocenters. The van der Waals surface area contributed by atoms with Crippen molar-refractivity contribution < 1.29 is 18.3 Å². The lowest BCUT2D eigenvalue weighted by molar-refractivity contribution is 0.111. The molecule has 0 radical (unpaired) electrons. The molecule has 2 rings (SSSR count). The molecule has 1 heterocycles. The standard InChI is InChI=1S/C14H14F2N2O2/c15-12-5-9(6-13(16)11(12)7-19)14(17)1-3-18-10-2-4-20-8-10/h1,3,5-7,10,17-18H,2,4,8H2/b3-1-,17-14?. The first kappa shape index (κ1) is 14.3. The van der Waals surface area contributed by atoms with Gasteiger partial charge in [0, 0.05) is 12.2 Å². The molecule has 0 aliphatic carbocycles. The second-order valence-electron chi connectivity index (χ2n) is 4.45. The van der Waals surface area contributed by atoms with Crippen LogP contribution >= 0.6 is 0 Å². The fourth-order valence-corrected chi connectivity index (χ4v) is 1.88. The fraction of sp³-hybridized carbons (Fsp3) is 0.286. The van der Waals surface area contributed by atoms with Crippen LogP contribution in [0.1, 0.15) is 22.3 Å². The number of aldehydes is 1. The summed E-state index contributed by atoms with van der Waals surface area (Å²) in [5.41, 5.74) is -0.593. The van der Waals surface area contributed by atoms with E-state index < -0.39 is 17.2 Å². The quantitative estimate of drug-likeness (QED) is 0.641. The largest absolute Gasteiger partial charge is 0.386 e. The second-order valence-corrected chi connectivity index (χ2v) is 4.45. The minimum atomic E-state index is -0.967. The average molecular weight is 280 g/mol. The molecule has 1 aromatic rings. The number of nitrogens with one attached hydrogen (secondary N) is 2. The Hall–Kier alpha value is -2.08. The summed E-state index contributed by atoms with van der Waals surface area (Å²) in [4.78, 5) is 10.5. The van der Waals surface area contributed by atoms with Gasteiger partial charge in [0.25, 0.3) is 0 Å². The summed E-state index contributed by atoms with van der Waals surface area (Å²) >= 11 is 0. The van der Waals surface area contributed by atoms with E-state index in [2.05, 4.69) is 5.32 Å². The molecule has 1 aliphatic heterocycles. The Bertz CT molecular complexity index is 529. The molecule has 0 bridgehead atoms. The molecule has 0 aromatic heterocycles. The third-order valence-corrected chi connectivity index (χ3v) is 3.02. The second kappa shape index (κ2) is 6.38. The Kier molecular flexibility index (Phi) is 4.57. The molecule has 0 saturated carbocycles. The van der Waals surface area contributed by atoms with E-state index in [1.165, 1.54) is 6.08 Å². The SMILES string of the molecule is N=C(/C=C\NC1CCOC1)c1cc(F)c(C=O)c(F)c1. The first-order valence-electron chi connectivity index (χ1n) is 6.15. The summed E-state index contributed by atoms with van der Waals surface area (Å²) in [5.74, 6) is -1.93. The molecule has 2 N–H and O–H groups in total. The van der Waals surface area contributed by atoms with Gasteiger partial charge in [-0.3, -0.25) is 4.79 Å². The number of carbonyl (C=O) groups is 1. The van der Waals surface area contributed by atoms with E-state index in [9.17, 15) is 13.6 Å². The van der Waals surface area contributed by atoms with Crippen LogP contribution in [0.5, 0.6) is 0 Å². The van der Waals surface area contributed by atoms with Gasteiger partial charge in [-0.2, -0.15) is 0 Å². The fourth-order valence-electron chi connectivity index (χ4n) is 1.88. The lowest BCUT2D eigenvalue weighted by atomic mass is 10.1. The van der Waals surface area contributed by atoms with Crippen LogP contribution in [0, 0.1) is 17.0 Å². The van der Waals surface area contributed by atoms with Crippen molar-refractivity contribution in [2.45, 2.75) is 12.5 Å². The summed E-state index contributed by atoms with van der Waals surface area (Å²) in [7, 11) is 0. The molecule has 1 fully saturated rings. The van der Waals surface area contributed by atoms with Crippen LogP contribution in [0.3, 0.4) is 0 Å². The van der Waals surface area contributed by atoms with E-state index in [0.29, 0.717) is 13.2 Å². The van der Waals surface area contributed by atoms with Crippen molar-refractivity contribution >= 4 is 12.0 Å². The molecular weight excluding hydrogens is 266 g/mol. The van der Waals surface area contributed by atoms with Gasteiger partial charge in [-0.25, -0.2) is 8.78 Å². The molecule has 1 aromatic carbocycles. The number of hydrogen-bond donors (Lipinski definition) is 2. The van der Waals surface area contributed by atoms with Crippen LogP contribution in [-0.4, -0.2) is 31.3 Å². The lowest BCUT2D eigenvalue weighted by Gasteiger charge is -2.07. The Labute approximate surface area is 114 Å². The van der Waals surface area contributed by atoms with Crippen molar-refractivity contribution in [3.05, 3.63) is 47.2 Å². The number of allylic oxidation sites excluding steroid dienone is 1. The van der Waals surface area contributed by atoms with Crippen LogP contribution in [0.4, 0.5) is 8.78 Å². The lowest BCUT2D eigenvalue weighted by Crippen LogP contribution is -2.24. The van der Waals surface area contributed by atoms with E-state index in [1.54, 1.807) is 6.20 Å². The van der Waals surface area contributed by atoms with Crippen molar-refractivity contribution in [2.75, 3.05) is 13.2 Å². The maximum absolute atomic E-state index is 13.4. The molecule has 4 nitrogen and oxygen atoms in total. The highest BCUT2D eigenvalue weighted by Gasteiger charge is 2.14. The molecule has 6 heteroatoms. The van der Waals surface area contributed by atoms with Crippen LogP contribution in [0.15, 0.2) is 24.4 Å². The average Bonchev–Trinajstić information content (AvgIpc) is 2.91. The van der Waals surface area contributed by atoms with Crippen LogP contribution < -0.4 is 5.32 Å². The van der Waals surface area contributed by atoms with Crippen LogP contribution in [-0.2, 0) is 4.74 Å². The maximum Gasteiger partial charge on any atom is 0.155 e. The van der Waals surface area contributed by atoms with Crippen molar-refractivity contribution in [1.82, 2.24) is 5.32 Å². The summed E-state index contributed by atoms with van der Waals surface area (Å²) in [6, 6.07) is 2.14. The number of halogens is 2. The minimum absolute atomic E-state index is 0.0494. The summed E-state index contributed by atoms with van der Waals surface area (Å²) < 4.78 is 32.0. The third kappa shape index (κ3) is 3.27. The molecule has 1 saturated heterocycles. The van der Waals surface area contributed by atoms with Crippen molar-refractivity contribution in [2.24, 2.45) is 0 Å². The Morgan fingerprint density at radius 1 is 1.40 bits per heavy atom. The number of rotatable bonds is 5. The van der Waals surface area contributed by atoms with Crippen LogP contribution in [0.25, 0.3) is 0 Å². The van der Waals surface area contributed by atoms with Gasteiger partial charge in [-0.1, -0.05) is 0 Å². The Balaban J connectivity index is 2.05. The Morgan fingerprint density at radius 3 is 2.65 bits per heavy atom. The number of benzene rings is 1. The first-order chi connectivity index (χ1) is 9.61. The molecule has 1 atom stereocenters. The minimum Gasteiger partial charge on any atom is -0.386 e. The van der Waals surface area contributed by atoms with Gasteiger partial charge in [0.05, 0.1) is 23.9 Å². The predicted octanol–water partition coefficient (Wildman–Crippen LogP) is 2.04. The highest BCUT2D eigenvalue weighted by molar-refractivity contribution is 6.06. The zero-order valence-corrected chi connectivity index (χ0v) is 10.7. The van der Waals surface area contributed by atoms with Crippen LogP contribution in [0.2, 0.25) is 0 Å². The molecule has 20 heavy (non-hydrogen) atoms. The van der Waals surface area contributed by atoms with E-state index in [-0.39, 0.29) is 23.6 Å². The van der Waals surface area contributed by atoms with Crippen molar-refractivity contribution in [3.8, 4) is 0 Å². The number of carbonyl (C=O) groups excluding carboxylic acids is 1. The van der Waals surface area contributed by atoms with Crippen molar-refractivity contribution in [3.63, 3.8) is 0 Å². The maximum atomic E-state index is 13.4. The van der Waals surface area contributed by atoms with Gasteiger partial charge in [0.15, 0.2) is 6.29 Å². The smallest absolute Gasteiger partial charge is 0.155 e. The van der Waals surface area contributed by atoms with Gasteiger partial charge >= 0.3 is 0 Å². The highest BCUT2D eigenvalue weighted by Crippen LogP contribution is 2.14. The van der Waals surface area contributed by atoms with E-state index >= 15 is 0 Å². The zero-order valence-electron chi connectivity index (χ0n) is 10.7. The Morgan fingerprint density at radius 2 is 2.10 bits per heavy atom. The van der Waals surface area contributed by atoms with E-state index in [1.807, 2.05) is 0 Å². The molecular formula is C14H14F2N2O2. The number of ether oxygens (including phenoxy) is 1. The normalized spacial score (nSPS) is 18.4. The van der Waals surface area contributed by atoms with Gasteiger partial charge in [-0.15, -0.1) is 0 Å². The molecule has 1 aliphatic rings. The third-order valence-electron chi connectivity index (χ3n) is 3.02. The first-order valence-corrected chi connectivity index (χ1v) is 6.15. The molecule has 106 valence electrons. The predicted molar refractivity (Wildman–Crippen MR) is 70.1 cm³/mol. The van der Waals surface area contributed by atoms with Crippen molar-refractivity contribution in [1.29, 1.82) is 5.41 Å². The summed E-state index contributed by atoms with van der Waals surface area (Å²) in [6.07, 6.45) is 3.97. The monoisotopic (exact) mass is 280 g/mol. The van der Waals surface area contributed by atoms with Gasteiger partial charge in [0.2, 0.25) is 0 Å². The number of hydrogen-bond acceptors (Lipinski definition) is 4. The van der Waals surface area contributed by atoms with E-state index in [0.717, 1.165) is 18.6 Å². The zero-order chi connectivity index (χ0) is 14.5. The molecule has 0 amide bonds. The molecule has 0 spiro atoms. The topological polar surface area (TPSA) is 62.2 Å². The summed E-state index contributed by atoms with van der Waals surface area (Å²) in [6.45, 7) is 1.31. The summed E-state index contributed by atoms with van der Waals surface area (Å²) in [5, 5.41) is 10.8. The van der Waals surface area contributed by atoms with Gasteiger partial charge < -0.3 is 15.5 Å². The highest BCUT2D eigenvalue weighted by atomic mass is 19.1. The van der Waals surface area contributed by atoms with Gasteiger partial charge in [0.1, 0.15) is 11.6 Å². The van der Waals surface area contributed by atoms with E-state index in [4.69, 9.17) is 10.1 Å².